The van der Waals surface area contributed by atoms with E-state index in [1.165, 1.54) is 4.52 Å². The standard InChI is InChI=1S/C10H7ClN6O2/c11-4-1-2-5-6(3-4)17-10(13-5)14-7(8(12)16-19)9(18)15-17/h1-3,19H,(H2,12,16)(H,15,18). The molecule has 1 aromatic carbocycles. The van der Waals surface area contributed by atoms with Gasteiger partial charge in [-0.15, -0.1) is 0 Å². The molecule has 0 radical (unpaired) electrons. The minimum absolute atomic E-state index is 0.198. The average molecular weight is 279 g/mol. The monoisotopic (exact) mass is 278 g/mol. The van der Waals surface area contributed by atoms with Gasteiger partial charge in [0.05, 0.1) is 11.0 Å². The van der Waals surface area contributed by atoms with E-state index in [9.17, 15) is 4.79 Å². The number of imidazole rings is 1. The van der Waals surface area contributed by atoms with Gasteiger partial charge in [0, 0.05) is 5.02 Å². The number of nitrogens with one attached hydrogen (secondary N) is 1. The van der Waals surface area contributed by atoms with Crippen molar-refractivity contribution in [1.29, 1.82) is 0 Å². The quantitative estimate of drug-likeness (QED) is 0.256. The molecule has 0 spiro atoms. The fraction of sp³-hybridized carbons (Fsp3) is 0. The number of nitrogens with zero attached hydrogens (tertiary/aromatic N) is 4. The lowest BCUT2D eigenvalue weighted by Gasteiger charge is -1.98. The van der Waals surface area contributed by atoms with Gasteiger partial charge in [0.2, 0.25) is 0 Å². The molecule has 0 saturated heterocycles. The van der Waals surface area contributed by atoms with Gasteiger partial charge in [-0.2, -0.15) is 0 Å². The molecule has 0 aliphatic heterocycles. The molecule has 0 aliphatic rings. The van der Waals surface area contributed by atoms with Crippen molar-refractivity contribution >= 4 is 34.2 Å². The Labute approximate surface area is 110 Å². The van der Waals surface area contributed by atoms with Crippen molar-refractivity contribution in [3.05, 3.63) is 39.3 Å². The summed E-state index contributed by atoms with van der Waals surface area (Å²) in [5.41, 5.74) is 5.80. The van der Waals surface area contributed by atoms with E-state index >= 15 is 0 Å². The van der Waals surface area contributed by atoms with Crippen molar-refractivity contribution in [2.45, 2.75) is 0 Å². The van der Waals surface area contributed by atoms with Gasteiger partial charge in [0.15, 0.2) is 11.5 Å². The predicted octanol–water partition coefficient (Wildman–Crippen LogP) is 0.319. The van der Waals surface area contributed by atoms with Crippen LogP contribution in [0.4, 0.5) is 0 Å². The van der Waals surface area contributed by atoms with E-state index in [0.29, 0.717) is 16.1 Å². The molecule has 0 atom stereocenters. The maximum Gasteiger partial charge on any atom is 0.292 e. The summed E-state index contributed by atoms with van der Waals surface area (Å²) in [4.78, 5) is 20.0. The lowest BCUT2D eigenvalue weighted by Crippen LogP contribution is -2.28. The molecule has 0 unspecified atom stereocenters. The number of H-pyrrole nitrogens is 1. The third-order valence-corrected chi connectivity index (χ3v) is 2.82. The van der Waals surface area contributed by atoms with E-state index in [0.717, 1.165) is 0 Å². The van der Waals surface area contributed by atoms with Crippen LogP contribution < -0.4 is 11.3 Å². The van der Waals surface area contributed by atoms with Gasteiger partial charge >= 0.3 is 0 Å². The molecule has 96 valence electrons. The van der Waals surface area contributed by atoms with Gasteiger partial charge in [-0.3, -0.25) is 9.89 Å². The Morgan fingerprint density at radius 2 is 2.26 bits per heavy atom. The number of oxime groups is 1. The first-order valence-electron chi connectivity index (χ1n) is 5.16. The second-order valence-corrected chi connectivity index (χ2v) is 4.20. The number of hydrogen-bond donors (Lipinski definition) is 3. The summed E-state index contributed by atoms with van der Waals surface area (Å²) in [5, 5.41) is 14.4. The van der Waals surface area contributed by atoms with Gasteiger partial charge in [-0.25, -0.2) is 14.5 Å². The molecule has 0 amide bonds. The Hall–Kier alpha value is -2.61. The lowest BCUT2D eigenvalue weighted by atomic mass is 10.3. The minimum Gasteiger partial charge on any atom is -0.409 e. The zero-order valence-electron chi connectivity index (χ0n) is 9.33. The first-order valence-corrected chi connectivity index (χ1v) is 5.54. The van der Waals surface area contributed by atoms with Crippen LogP contribution in [0.1, 0.15) is 5.69 Å². The predicted molar refractivity (Wildman–Crippen MR) is 68.6 cm³/mol. The van der Waals surface area contributed by atoms with Crippen LogP contribution in [0.3, 0.4) is 0 Å². The van der Waals surface area contributed by atoms with E-state index < -0.39 is 5.56 Å². The van der Waals surface area contributed by atoms with Crippen LogP contribution in [-0.4, -0.2) is 30.6 Å². The number of aromatic amines is 1. The molecule has 3 aromatic rings. The number of amidine groups is 1. The summed E-state index contributed by atoms with van der Waals surface area (Å²) in [6.07, 6.45) is 0. The minimum atomic E-state index is -0.595. The van der Waals surface area contributed by atoms with E-state index in [2.05, 4.69) is 20.2 Å². The highest BCUT2D eigenvalue weighted by Crippen LogP contribution is 2.18. The van der Waals surface area contributed by atoms with Crippen LogP contribution in [0, 0.1) is 0 Å². The van der Waals surface area contributed by atoms with Crippen molar-refractivity contribution in [1.82, 2.24) is 19.6 Å². The number of benzene rings is 1. The Balaban J connectivity index is 2.43. The molecule has 8 nitrogen and oxygen atoms in total. The molecule has 0 aliphatic carbocycles. The lowest BCUT2D eigenvalue weighted by molar-refractivity contribution is 0.318. The van der Waals surface area contributed by atoms with Gasteiger partial charge in [-0.1, -0.05) is 16.8 Å². The van der Waals surface area contributed by atoms with Crippen molar-refractivity contribution in [3.63, 3.8) is 0 Å². The molecule has 3 rings (SSSR count). The van der Waals surface area contributed by atoms with Crippen LogP contribution in [0.15, 0.2) is 28.1 Å². The van der Waals surface area contributed by atoms with Crippen molar-refractivity contribution in [3.8, 4) is 0 Å². The van der Waals surface area contributed by atoms with Crippen molar-refractivity contribution < 1.29 is 5.21 Å². The van der Waals surface area contributed by atoms with Crippen LogP contribution >= 0.6 is 11.6 Å². The zero-order chi connectivity index (χ0) is 13.6. The number of fused-ring (bicyclic) bond motifs is 3. The summed E-state index contributed by atoms with van der Waals surface area (Å²) in [6.45, 7) is 0. The Morgan fingerprint density at radius 1 is 1.47 bits per heavy atom. The van der Waals surface area contributed by atoms with Crippen LogP contribution in [0.2, 0.25) is 5.02 Å². The molecule has 2 heterocycles. The van der Waals surface area contributed by atoms with Gasteiger partial charge in [0.1, 0.15) is 0 Å². The van der Waals surface area contributed by atoms with Crippen molar-refractivity contribution in [2.24, 2.45) is 10.9 Å². The summed E-state index contributed by atoms with van der Waals surface area (Å²) >= 11 is 5.89. The van der Waals surface area contributed by atoms with Crippen LogP contribution in [-0.2, 0) is 0 Å². The van der Waals surface area contributed by atoms with E-state index in [4.69, 9.17) is 22.5 Å². The largest absolute Gasteiger partial charge is 0.409 e. The second kappa shape index (κ2) is 3.95. The summed E-state index contributed by atoms with van der Waals surface area (Å²) in [7, 11) is 0. The molecular weight excluding hydrogens is 272 g/mol. The maximum atomic E-state index is 11.8. The van der Waals surface area contributed by atoms with E-state index in [1.807, 2.05) is 0 Å². The van der Waals surface area contributed by atoms with E-state index in [1.54, 1.807) is 18.2 Å². The zero-order valence-corrected chi connectivity index (χ0v) is 10.1. The highest BCUT2D eigenvalue weighted by Gasteiger charge is 2.13. The summed E-state index contributed by atoms with van der Waals surface area (Å²) in [5.74, 6) is -0.160. The third kappa shape index (κ3) is 1.69. The maximum absolute atomic E-state index is 11.8. The second-order valence-electron chi connectivity index (χ2n) is 3.77. The number of aromatic nitrogens is 4. The Morgan fingerprint density at radius 3 is 3.00 bits per heavy atom. The highest BCUT2D eigenvalue weighted by molar-refractivity contribution is 6.31. The topological polar surface area (TPSA) is 122 Å². The normalized spacial score (nSPS) is 12.4. The SMILES string of the molecule is N/C(=N\O)c1nc2nc3ccc(Cl)cc3n2[nH]c1=O. The number of hydrogen-bond acceptors (Lipinski definition) is 5. The van der Waals surface area contributed by atoms with Gasteiger partial charge in [0.25, 0.3) is 11.3 Å². The molecule has 0 saturated carbocycles. The summed E-state index contributed by atoms with van der Waals surface area (Å²) in [6, 6.07) is 5.03. The Bertz CT molecular complexity index is 881. The molecule has 0 fully saturated rings. The highest BCUT2D eigenvalue weighted by atomic mass is 35.5. The smallest absolute Gasteiger partial charge is 0.292 e. The molecule has 0 bridgehead atoms. The third-order valence-electron chi connectivity index (χ3n) is 2.59. The fourth-order valence-electron chi connectivity index (χ4n) is 1.75. The fourth-order valence-corrected chi connectivity index (χ4v) is 1.91. The first kappa shape index (κ1) is 11.5. The van der Waals surface area contributed by atoms with Crippen molar-refractivity contribution in [2.75, 3.05) is 0 Å². The Kier molecular flexibility index (Phi) is 2.39. The summed E-state index contributed by atoms with van der Waals surface area (Å²) < 4.78 is 1.39. The average Bonchev–Trinajstić information content (AvgIpc) is 2.74. The van der Waals surface area contributed by atoms with Gasteiger partial charge < -0.3 is 10.9 Å². The number of rotatable bonds is 1. The molecular formula is C10H7ClN6O2. The molecule has 9 heteroatoms. The first-order chi connectivity index (χ1) is 9.10. The molecule has 2 aromatic heterocycles. The number of nitrogens with two attached hydrogens (primary N) is 1. The van der Waals surface area contributed by atoms with E-state index in [-0.39, 0.29) is 17.3 Å². The van der Waals surface area contributed by atoms with Gasteiger partial charge in [-0.05, 0) is 18.2 Å². The van der Waals surface area contributed by atoms with Crippen LogP contribution in [0.25, 0.3) is 16.8 Å². The van der Waals surface area contributed by atoms with Crippen LogP contribution in [0.5, 0.6) is 0 Å². The molecule has 4 N–H and O–H groups in total. The number of halogens is 1. The molecule has 19 heavy (non-hydrogen) atoms.